The molecular formula is C21H42N2O4. The van der Waals surface area contributed by atoms with Crippen molar-refractivity contribution in [2.24, 2.45) is 11.8 Å². The third kappa shape index (κ3) is 16.7. The zero-order chi connectivity index (χ0) is 20.3. The van der Waals surface area contributed by atoms with Gasteiger partial charge < -0.3 is 20.8 Å². The number of carbonyl (C=O) groups is 2. The van der Waals surface area contributed by atoms with Crippen molar-refractivity contribution in [2.75, 3.05) is 26.2 Å². The molecule has 2 heterocycles. The van der Waals surface area contributed by atoms with E-state index in [4.69, 9.17) is 10.2 Å². The SMILES string of the molecule is CC.O=C(O)CCCCC1CCCNC1.O=C(O)CCCCC1CCNC1. The highest BCUT2D eigenvalue weighted by molar-refractivity contribution is 5.66. The second-order valence-electron chi connectivity index (χ2n) is 7.35. The van der Waals surface area contributed by atoms with Crippen molar-refractivity contribution in [1.82, 2.24) is 10.6 Å². The lowest BCUT2D eigenvalue weighted by Crippen LogP contribution is -2.29. The molecule has 0 aromatic rings. The van der Waals surface area contributed by atoms with Crippen molar-refractivity contribution in [3.05, 3.63) is 0 Å². The Morgan fingerprint density at radius 1 is 0.778 bits per heavy atom. The highest BCUT2D eigenvalue weighted by Crippen LogP contribution is 2.17. The molecule has 0 aromatic carbocycles. The third-order valence-electron chi connectivity index (χ3n) is 5.07. The summed E-state index contributed by atoms with van der Waals surface area (Å²) >= 11 is 0. The van der Waals surface area contributed by atoms with E-state index >= 15 is 0 Å². The third-order valence-corrected chi connectivity index (χ3v) is 5.07. The maximum absolute atomic E-state index is 10.2. The number of unbranched alkanes of at least 4 members (excludes halogenated alkanes) is 2. The largest absolute Gasteiger partial charge is 0.481 e. The zero-order valence-electron chi connectivity index (χ0n) is 17.5. The number of hydrogen-bond acceptors (Lipinski definition) is 4. The summed E-state index contributed by atoms with van der Waals surface area (Å²) in [7, 11) is 0. The topological polar surface area (TPSA) is 98.7 Å². The lowest BCUT2D eigenvalue weighted by molar-refractivity contribution is -0.138. The highest BCUT2D eigenvalue weighted by Gasteiger charge is 2.13. The normalized spacial score (nSPS) is 21.4. The highest BCUT2D eigenvalue weighted by atomic mass is 16.4. The molecule has 2 saturated heterocycles. The van der Waals surface area contributed by atoms with E-state index in [2.05, 4.69) is 10.6 Å². The average molecular weight is 387 g/mol. The first-order valence-electron chi connectivity index (χ1n) is 10.9. The van der Waals surface area contributed by atoms with Crippen LogP contribution in [0.3, 0.4) is 0 Å². The second kappa shape index (κ2) is 18.2. The van der Waals surface area contributed by atoms with Gasteiger partial charge in [-0.3, -0.25) is 9.59 Å². The van der Waals surface area contributed by atoms with Gasteiger partial charge in [-0.2, -0.15) is 0 Å². The maximum Gasteiger partial charge on any atom is 0.303 e. The van der Waals surface area contributed by atoms with Crippen LogP contribution in [0.2, 0.25) is 0 Å². The molecule has 160 valence electrons. The van der Waals surface area contributed by atoms with E-state index in [-0.39, 0.29) is 0 Å². The smallest absolute Gasteiger partial charge is 0.303 e. The summed E-state index contributed by atoms with van der Waals surface area (Å²) in [6.07, 6.45) is 10.7. The zero-order valence-corrected chi connectivity index (χ0v) is 17.5. The molecule has 0 aromatic heterocycles. The van der Waals surface area contributed by atoms with Gasteiger partial charge in [-0.1, -0.05) is 26.7 Å². The Morgan fingerprint density at radius 3 is 1.67 bits per heavy atom. The van der Waals surface area contributed by atoms with Crippen molar-refractivity contribution >= 4 is 11.9 Å². The van der Waals surface area contributed by atoms with Crippen LogP contribution in [0.25, 0.3) is 0 Å². The van der Waals surface area contributed by atoms with E-state index in [0.717, 1.165) is 63.7 Å². The lowest BCUT2D eigenvalue weighted by Gasteiger charge is -2.22. The first-order chi connectivity index (χ1) is 13.1. The molecule has 2 unspecified atom stereocenters. The maximum atomic E-state index is 10.2. The Balaban J connectivity index is 0.000000460. The Labute approximate surface area is 165 Å². The standard InChI is InChI=1S/C10H19NO2.C9H17NO2.C2H6/c12-10(13)6-2-1-4-9-5-3-7-11-8-9;11-9(12)4-2-1-3-8-5-6-10-7-8;1-2/h9,11H,1-8H2,(H,12,13);8,10H,1-7H2,(H,11,12);1-2H3. The summed E-state index contributed by atoms with van der Waals surface area (Å²) < 4.78 is 0. The Bertz CT molecular complexity index is 365. The minimum Gasteiger partial charge on any atom is -0.481 e. The van der Waals surface area contributed by atoms with Gasteiger partial charge in [0, 0.05) is 12.8 Å². The van der Waals surface area contributed by atoms with Crippen LogP contribution in [-0.4, -0.2) is 48.3 Å². The van der Waals surface area contributed by atoms with Crippen LogP contribution < -0.4 is 10.6 Å². The Kier molecular flexibility index (Phi) is 17.5. The monoisotopic (exact) mass is 386 g/mol. The summed E-state index contributed by atoms with van der Waals surface area (Å²) in [6, 6.07) is 0. The fraction of sp³-hybridized carbons (Fsp3) is 0.905. The predicted molar refractivity (Wildman–Crippen MR) is 110 cm³/mol. The molecule has 0 amide bonds. The van der Waals surface area contributed by atoms with Gasteiger partial charge in [0.2, 0.25) is 0 Å². The van der Waals surface area contributed by atoms with Crippen molar-refractivity contribution < 1.29 is 19.8 Å². The van der Waals surface area contributed by atoms with Crippen molar-refractivity contribution in [2.45, 2.75) is 84.5 Å². The van der Waals surface area contributed by atoms with Crippen LogP contribution in [0.4, 0.5) is 0 Å². The number of hydrogen-bond donors (Lipinski definition) is 4. The number of aliphatic carboxylic acids is 2. The van der Waals surface area contributed by atoms with Gasteiger partial charge in [-0.15, -0.1) is 0 Å². The van der Waals surface area contributed by atoms with Crippen molar-refractivity contribution in [1.29, 1.82) is 0 Å². The summed E-state index contributed by atoms with van der Waals surface area (Å²) in [5, 5.41) is 23.5. The van der Waals surface area contributed by atoms with Crippen LogP contribution in [-0.2, 0) is 9.59 Å². The molecule has 6 nitrogen and oxygen atoms in total. The molecule has 2 rings (SSSR count). The fourth-order valence-electron chi connectivity index (χ4n) is 3.55. The second-order valence-corrected chi connectivity index (χ2v) is 7.35. The Morgan fingerprint density at radius 2 is 1.26 bits per heavy atom. The van der Waals surface area contributed by atoms with E-state index in [1.807, 2.05) is 13.8 Å². The van der Waals surface area contributed by atoms with Gasteiger partial charge in [-0.05, 0) is 83.0 Å². The molecule has 0 radical (unpaired) electrons. The quantitative estimate of drug-likeness (QED) is 0.425. The molecule has 0 saturated carbocycles. The number of carboxylic acid groups (broad SMARTS) is 2. The fourth-order valence-corrected chi connectivity index (χ4v) is 3.55. The van der Waals surface area contributed by atoms with Crippen molar-refractivity contribution in [3.8, 4) is 0 Å². The van der Waals surface area contributed by atoms with Crippen LogP contribution in [0.15, 0.2) is 0 Å². The molecule has 0 bridgehead atoms. The summed E-state index contributed by atoms with van der Waals surface area (Å²) in [5.74, 6) is 0.266. The van der Waals surface area contributed by atoms with Gasteiger partial charge in [-0.25, -0.2) is 0 Å². The van der Waals surface area contributed by atoms with Gasteiger partial charge in [0.1, 0.15) is 0 Å². The number of carboxylic acids is 2. The summed E-state index contributed by atoms with van der Waals surface area (Å²) in [5.41, 5.74) is 0. The van der Waals surface area contributed by atoms with Gasteiger partial charge in [0.05, 0.1) is 0 Å². The molecule has 2 aliphatic heterocycles. The van der Waals surface area contributed by atoms with E-state index in [1.54, 1.807) is 0 Å². The molecule has 6 heteroatoms. The molecule has 0 spiro atoms. The van der Waals surface area contributed by atoms with Crippen molar-refractivity contribution in [3.63, 3.8) is 0 Å². The number of rotatable bonds is 10. The molecular weight excluding hydrogens is 344 g/mol. The minimum absolute atomic E-state index is 0.333. The van der Waals surface area contributed by atoms with E-state index in [0.29, 0.717) is 12.8 Å². The van der Waals surface area contributed by atoms with Crippen LogP contribution in [0.1, 0.15) is 84.5 Å². The van der Waals surface area contributed by atoms with Gasteiger partial charge >= 0.3 is 11.9 Å². The number of piperidine rings is 1. The lowest BCUT2D eigenvalue weighted by atomic mass is 9.94. The van der Waals surface area contributed by atoms with Gasteiger partial charge in [0.25, 0.3) is 0 Å². The molecule has 2 atom stereocenters. The molecule has 27 heavy (non-hydrogen) atoms. The van der Waals surface area contributed by atoms with Crippen LogP contribution in [0.5, 0.6) is 0 Å². The average Bonchev–Trinajstić information content (AvgIpc) is 3.19. The van der Waals surface area contributed by atoms with Crippen LogP contribution >= 0.6 is 0 Å². The molecule has 2 fully saturated rings. The minimum atomic E-state index is -0.667. The van der Waals surface area contributed by atoms with E-state index in [9.17, 15) is 9.59 Å². The molecule has 2 aliphatic rings. The number of nitrogens with one attached hydrogen (secondary N) is 2. The predicted octanol–water partition coefficient (Wildman–Crippen LogP) is 3.90. The Hall–Kier alpha value is -1.14. The van der Waals surface area contributed by atoms with Gasteiger partial charge in [0.15, 0.2) is 0 Å². The summed E-state index contributed by atoms with van der Waals surface area (Å²) in [4.78, 5) is 20.4. The first kappa shape index (κ1) is 25.9. The first-order valence-corrected chi connectivity index (χ1v) is 10.9. The molecule has 0 aliphatic carbocycles. The van der Waals surface area contributed by atoms with E-state index < -0.39 is 11.9 Å². The van der Waals surface area contributed by atoms with E-state index in [1.165, 1.54) is 32.1 Å². The van der Waals surface area contributed by atoms with Crippen LogP contribution in [0, 0.1) is 11.8 Å². The molecule has 4 N–H and O–H groups in total. The summed E-state index contributed by atoms with van der Waals surface area (Å²) in [6.45, 7) is 8.56.